The molecule has 124 valence electrons. The lowest BCUT2D eigenvalue weighted by molar-refractivity contribution is 0.0952. The molecule has 0 unspecified atom stereocenters. The molecule has 0 aliphatic carbocycles. The number of aryl methyl sites for hydroxylation is 1. The molecule has 1 aliphatic heterocycles. The van der Waals surface area contributed by atoms with E-state index in [-0.39, 0.29) is 5.91 Å². The van der Waals surface area contributed by atoms with Gasteiger partial charge < -0.3 is 14.8 Å². The molecule has 0 saturated carbocycles. The van der Waals surface area contributed by atoms with E-state index in [1.54, 1.807) is 17.0 Å². The van der Waals surface area contributed by atoms with Crippen LogP contribution in [0.2, 0.25) is 0 Å². The number of nitrogens with one attached hydrogen (secondary N) is 1. The summed E-state index contributed by atoms with van der Waals surface area (Å²) in [6, 6.07) is 1.95. The fourth-order valence-corrected chi connectivity index (χ4v) is 2.97. The van der Waals surface area contributed by atoms with Gasteiger partial charge >= 0.3 is 0 Å². The Hall–Kier alpha value is -2.90. The highest BCUT2D eigenvalue weighted by Gasteiger charge is 2.18. The maximum atomic E-state index is 12.5. The fraction of sp³-hybridized carbons (Fsp3) is 0.375. The Morgan fingerprint density at radius 2 is 2.17 bits per heavy atom. The van der Waals surface area contributed by atoms with Crippen molar-refractivity contribution in [3.8, 4) is 0 Å². The summed E-state index contributed by atoms with van der Waals surface area (Å²) in [5, 5.41) is 7.10. The minimum atomic E-state index is -0.193. The molecular formula is C16H19N7O. The average Bonchev–Trinajstić information content (AvgIpc) is 3.32. The van der Waals surface area contributed by atoms with Gasteiger partial charge in [0.25, 0.3) is 5.91 Å². The zero-order chi connectivity index (χ0) is 16.5. The van der Waals surface area contributed by atoms with E-state index in [4.69, 9.17) is 0 Å². The smallest absolute Gasteiger partial charge is 0.257 e. The van der Waals surface area contributed by atoms with Gasteiger partial charge in [-0.15, -0.1) is 0 Å². The van der Waals surface area contributed by atoms with Gasteiger partial charge in [0.15, 0.2) is 5.65 Å². The van der Waals surface area contributed by atoms with Gasteiger partial charge in [0, 0.05) is 32.5 Å². The summed E-state index contributed by atoms with van der Waals surface area (Å²) < 4.78 is 3.48. The Kier molecular flexibility index (Phi) is 3.64. The van der Waals surface area contributed by atoms with Crippen LogP contribution in [0.1, 0.15) is 28.9 Å². The first-order chi connectivity index (χ1) is 11.7. The van der Waals surface area contributed by atoms with E-state index in [0.29, 0.717) is 17.8 Å². The number of carbonyl (C=O) groups is 1. The van der Waals surface area contributed by atoms with Crippen LogP contribution in [0.25, 0.3) is 5.65 Å². The first-order valence-electron chi connectivity index (χ1n) is 8.05. The molecule has 0 atom stereocenters. The second kappa shape index (κ2) is 5.95. The van der Waals surface area contributed by atoms with Gasteiger partial charge in [0.1, 0.15) is 11.4 Å². The van der Waals surface area contributed by atoms with Crippen LogP contribution in [0.15, 0.2) is 31.0 Å². The van der Waals surface area contributed by atoms with Crippen molar-refractivity contribution in [2.45, 2.75) is 19.4 Å². The molecule has 1 saturated heterocycles. The van der Waals surface area contributed by atoms with Gasteiger partial charge in [-0.2, -0.15) is 5.10 Å². The average molecular weight is 325 g/mol. The standard InChI is InChI=1S/C16H19N7O/c1-21-10-12(18-11-21)8-17-16(24)13-9-19-23-7-4-14(20-15(13)23)22-5-2-3-6-22/h4,7,9-11H,2-3,5-6,8H2,1H3,(H,17,24). The maximum absolute atomic E-state index is 12.5. The van der Waals surface area contributed by atoms with Crippen molar-refractivity contribution >= 4 is 17.4 Å². The summed E-state index contributed by atoms with van der Waals surface area (Å²) in [6.45, 7) is 2.40. The van der Waals surface area contributed by atoms with Crippen molar-refractivity contribution < 1.29 is 4.79 Å². The normalized spacial score (nSPS) is 14.5. The summed E-state index contributed by atoms with van der Waals surface area (Å²) >= 11 is 0. The number of hydrogen-bond donors (Lipinski definition) is 1. The summed E-state index contributed by atoms with van der Waals surface area (Å²) in [6.07, 6.45) is 9.36. The second-order valence-electron chi connectivity index (χ2n) is 6.02. The molecule has 3 aromatic rings. The summed E-state index contributed by atoms with van der Waals surface area (Å²) in [5.74, 6) is 0.709. The van der Waals surface area contributed by atoms with E-state index in [1.807, 2.05) is 30.1 Å². The highest BCUT2D eigenvalue weighted by Crippen LogP contribution is 2.19. The Balaban J connectivity index is 1.56. The number of carbonyl (C=O) groups excluding carboxylic acids is 1. The molecule has 3 aromatic heterocycles. The van der Waals surface area contributed by atoms with Gasteiger partial charge in [0.2, 0.25) is 0 Å². The van der Waals surface area contributed by atoms with E-state index in [9.17, 15) is 4.79 Å². The van der Waals surface area contributed by atoms with Crippen LogP contribution >= 0.6 is 0 Å². The number of fused-ring (bicyclic) bond motifs is 1. The Bertz CT molecular complexity index is 876. The molecule has 0 spiro atoms. The van der Waals surface area contributed by atoms with Crippen LogP contribution in [-0.2, 0) is 13.6 Å². The number of nitrogens with zero attached hydrogens (tertiary/aromatic N) is 6. The highest BCUT2D eigenvalue weighted by molar-refractivity contribution is 5.99. The van der Waals surface area contributed by atoms with Crippen LogP contribution in [0.5, 0.6) is 0 Å². The maximum Gasteiger partial charge on any atom is 0.257 e. The van der Waals surface area contributed by atoms with Gasteiger partial charge in [-0.05, 0) is 18.9 Å². The lowest BCUT2D eigenvalue weighted by Crippen LogP contribution is -2.23. The third-order valence-corrected chi connectivity index (χ3v) is 4.22. The van der Waals surface area contributed by atoms with Crippen LogP contribution in [0, 0.1) is 0 Å². The zero-order valence-electron chi connectivity index (χ0n) is 13.5. The molecule has 0 bridgehead atoms. The van der Waals surface area contributed by atoms with Crippen LogP contribution in [0.4, 0.5) is 5.82 Å². The van der Waals surface area contributed by atoms with Gasteiger partial charge in [-0.1, -0.05) is 0 Å². The van der Waals surface area contributed by atoms with Crippen molar-refractivity contribution in [1.29, 1.82) is 0 Å². The van der Waals surface area contributed by atoms with Crippen molar-refractivity contribution in [1.82, 2.24) is 29.5 Å². The SMILES string of the molecule is Cn1cnc(CNC(=O)c2cnn3ccc(N4CCCC4)nc23)c1. The van der Waals surface area contributed by atoms with E-state index >= 15 is 0 Å². The summed E-state index contributed by atoms with van der Waals surface area (Å²) in [7, 11) is 1.90. The molecule has 1 aliphatic rings. The van der Waals surface area contributed by atoms with E-state index in [2.05, 4.69) is 25.3 Å². The molecule has 4 rings (SSSR count). The number of aromatic nitrogens is 5. The van der Waals surface area contributed by atoms with Crippen molar-refractivity contribution in [2.24, 2.45) is 7.05 Å². The minimum absolute atomic E-state index is 0.193. The third kappa shape index (κ3) is 2.70. The van der Waals surface area contributed by atoms with Crippen LogP contribution < -0.4 is 10.2 Å². The Morgan fingerprint density at radius 1 is 1.33 bits per heavy atom. The molecular weight excluding hydrogens is 306 g/mol. The van der Waals surface area contributed by atoms with E-state index in [1.165, 1.54) is 12.8 Å². The van der Waals surface area contributed by atoms with Crippen LogP contribution in [-0.4, -0.2) is 43.1 Å². The molecule has 8 nitrogen and oxygen atoms in total. The quantitative estimate of drug-likeness (QED) is 0.774. The lowest BCUT2D eigenvalue weighted by Gasteiger charge is -2.16. The summed E-state index contributed by atoms with van der Waals surface area (Å²) in [5.41, 5.74) is 1.87. The molecule has 4 heterocycles. The molecule has 1 fully saturated rings. The number of rotatable bonds is 4. The first kappa shape index (κ1) is 14.7. The van der Waals surface area contributed by atoms with Gasteiger partial charge in [-0.3, -0.25) is 4.79 Å². The van der Waals surface area contributed by atoms with Crippen LogP contribution in [0.3, 0.4) is 0 Å². The number of imidazole rings is 1. The third-order valence-electron chi connectivity index (χ3n) is 4.22. The highest BCUT2D eigenvalue weighted by atomic mass is 16.1. The van der Waals surface area contributed by atoms with Crippen molar-refractivity contribution in [2.75, 3.05) is 18.0 Å². The zero-order valence-corrected chi connectivity index (χ0v) is 13.5. The number of amides is 1. The van der Waals surface area contributed by atoms with E-state index in [0.717, 1.165) is 24.6 Å². The first-order valence-corrected chi connectivity index (χ1v) is 8.05. The predicted octanol–water partition coefficient (Wildman–Crippen LogP) is 0.993. The predicted molar refractivity (Wildman–Crippen MR) is 88.8 cm³/mol. The molecule has 1 N–H and O–H groups in total. The Labute approximate surface area is 139 Å². The minimum Gasteiger partial charge on any atom is -0.357 e. The number of hydrogen-bond acceptors (Lipinski definition) is 5. The Morgan fingerprint density at radius 3 is 2.92 bits per heavy atom. The number of anilines is 1. The molecule has 0 aromatic carbocycles. The summed E-state index contributed by atoms with van der Waals surface area (Å²) in [4.78, 5) is 23.6. The van der Waals surface area contributed by atoms with Crippen molar-refractivity contribution in [3.05, 3.63) is 42.2 Å². The monoisotopic (exact) mass is 325 g/mol. The molecule has 24 heavy (non-hydrogen) atoms. The topological polar surface area (TPSA) is 80.3 Å². The largest absolute Gasteiger partial charge is 0.357 e. The van der Waals surface area contributed by atoms with Crippen molar-refractivity contribution in [3.63, 3.8) is 0 Å². The molecule has 8 heteroatoms. The second-order valence-corrected chi connectivity index (χ2v) is 6.02. The molecule has 0 radical (unpaired) electrons. The van der Waals surface area contributed by atoms with Gasteiger partial charge in [-0.25, -0.2) is 14.5 Å². The molecule has 1 amide bonds. The lowest BCUT2D eigenvalue weighted by atomic mass is 10.3. The van der Waals surface area contributed by atoms with E-state index < -0.39 is 0 Å². The van der Waals surface area contributed by atoms with Gasteiger partial charge in [0.05, 0.1) is 24.8 Å². The fourth-order valence-electron chi connectivity index (χ4n) is 2.97.